The van der Waals surface area contributed by atoms with Crippen LogP contribution in [0.3, 0.4) is 0 Å². The Bertz CT molecular complexity index is 237. The van der Waals surface area contributed by atoms with Gasteiger partial charge in [0.15, 0.2) is 0 Å². The van der Waals surface area contributed by atoms with Gasteiger partial charge in [-0.05, 0) is 49.5 Å². The fourth-order valence-corrected chi connectivity index (χ4v) is 3.75. The monoisotopic (exact) mass is 252 g/mol. The van der Waals surface area contributed by atoms with Crippen LogP contribution in [0, 0.1) is 10.8 Å². The molecule has 0 saturated heterocycles. The number of hydrogen-bond acceptors (Lipinski definition) is 2. The minimum atomic E-state index is 0.415. The highest BCUT2D eigenvalue weighted by atomic mass is 14.9. The largest absolute Gasteiger partial charge is 0.330 e. The molecule has 0 aromatic carbocycles. The van der Waals surface area contributed by atoms with Crippen LogP contribution in [0.4, 0.5) is 0 Å². The Morgan fingerprint density at radius 1 is 0.889 bits per heavy atom. The van der Waals surface area contributed by atoms with Gasteiger partial charge in [0.05, 0.1) is 0 Å². The Hall–Kier alpha value is -0.0800. The van der Waals surface area contributed by atoms with E-state index in [1.54, 1.807) is 0 Å². The summed E-state index contributed by atoms with van der Waals surface area (Å²) in [7, 11) is 0. The van der Waals surface area contributed by atoms with Gasteiger partial charge in [-0.2, -0.15) is 0 Å². The second kappa shape index (κ2) is 6.38. The Labute approximate surface area is 113 Å². The van der Waals surface area contributed by atoms with Crippen LogP contribution in [0.15, 0.2) is 0 Å². The lowest BCUT2D eigenvalue weighted by Gasteiger charge is -2.32. The highest BCUT2D eigenvalue weighted by Crippen LogP contribution is 2.49. The smallest absolute Gasteiger partial charge is 0.00201 e. The van der Waals surface area contributed by atoms with Crippen molar-refractivity contribution in [1.29, 1.82) is 0 Å². The average molecular weight is 252 g/mol. The summed E-state index contributed by atoms with van der Waals surface area (Å²) in [6.45, 7) is 5.59. The third-order valence-corrected chi connectivity index (χ3v) is 5.33. The quantitative estimate of drug-likeness (QED) is 0.681. The summed E-state index contributed by atoms with van der Waals surface area (Å²) in [6, 6.07) is 0. The molecule has 0 bridgehead atoms. The molecule has 0 atom stereocenters. The van der Waals surface area contributed by atoms with Crippen LogP contribution in [-0.2, 0) is 0 Å². The van der Waals surface area contributed by atoms with Gasteiger partial charge in [0.1, 0.15) is 0 Å². The first kappa shape index (κ1) is 14.3. The molecule has 0 unspecified atom stereocenters. The van der Waals surface area contributed by atoms with E-state index in [1.165, 1.54) is 70.8 Å². The van der Waals surface area contributed by atoms with Crippen LogP contribution in [0.25, 0.3) is 0 Å². The maximum atomic E-state index is 6.09. The first-order valence-corrected chi connectivity index (χ1v) is 8.15. The third-order valence-electron chi connectivity index (χ3n) is 5.33. The maximum absolute atomic E-state index is 6.09. The number of rotatable bonds is 7. The summed E-state index contributed by atoms with van der Waals surface area (Å²) in [5.41, 5.74) is 7.18. The van der Waals surface area contributed by atoms with E-state index in [1.807, 2.05) is 0 Å². The molecule has 2 fully saturated rings. The van der Waals surface area contributed by atoms with Crippen molar-refractivity contribution in [2.24, 2.45) is 16.6 Å². The summed E-state index contributed by atoms with van der Waals surface area (Å²) in [5, 5.41) is 3.78. The van der Waals surface area contributed by atoms with Crippen molar-refractivity contribution in [2.75, 3.05) is 19.6 Å². The van der Waals surface area contributed by atoms with Crippen molar-refractivity contribution in [1.82, 2.24) is 5.32 Å². The molecule has 0 aromatic rings. The molecular weight excluding hydrogens is 220 g/mol. The Kier molecular flexibility index (Phi) is 5.08. The van der Waals surface area contributed by atoms with Gasteiger partial charge in [0.2, 0.25) is 0 Å². The normalized spacial score (nSPS) is 25.7. The Balaban J connectivity index is 1.76. The van der Waals surface area contributed by atoms with Crippen molar-refractivity contribution in [3.05, 3.63) is 0 Å². The van der Waals surface area contributed by atoms with Gasteiger partial charge in [-0.15, -0.1) is 0 Å². The van der Waals surface area contributed by atoms with Crippen molar-refractivity contribution in [3.63, 3.8) is 0 Å². The van der Waals surface area contributed by atoms with Crippen molar-refractivity contribution >= 4 is 0 Å². The molecule has 0 aromatic heterocycles. The zero-order valence-electron chi connectivity index (χ0n) is 12.3. The highest BCUT2D eigenvalue weighted by Gasteiger charge is 2.41. The minimum Gasteiger partial charge on any atom is -0.330 e. The van der Waals surface area contributed by atoms with E-state index < -0.39 is 0 Å². The van der Waals surface area contributed by atoms with E-state index in [2.05, 4.69) is 12.2 Å². The van der Waals surface area contributed by atoms with Crippen LogP contribution < -0.4 is 11.1 Å². The van der Waals surface area contributed by atoms with Crippen molar-refractivity contribution in [3.8, 4) is 0 Å². The van der Waals surface area contributed by atoms with E-state index in [-0.39, 0.29) is 0 Å². The van der Waals surface area contributed by atoms with Crippen LogP contribution in [0.2, 0.25) is 0 Å². The second-order valence-corrected chi connectivity index (χ2v) is 6.97. The predicted molar refractivity (Wildman–Crippen MR) is 78.6 cm³/mol. The molecule has 2 aliphatic carbocycles. The minimum absolute atomic E-state index is 0.415. The summed E-state index contributed by atoms with van der Waals surface area (Å²) in [5.74, 6) is 0. The molecule has 0 radical (unpaired) electrons. The molecule has 0 heterocycles. The molecule has 106 valence electrons. The van der Waals surface area contributed by atoms with Crippen LogP contribution in [0.5, 0.6) is 0 Å². The third kappa shape index (κ3) is 3.71. The molecule has 2 rings (SSSR count). The van der Waals surface area contributed by atoms with Gasteiger partial charge in [-0.25, -0.2) is 0 Å². The first-order valence-electron chi connectivity index (χ1n) is 8.15. The summed E-state index contributed by atoms with van der Waals surface area (Å²) < 4.78 is 0. The van der Waals surface area contributed by atoms with E-state index in [9.17, 15) is 0 Å². The summed E-state index contributed by atoms with van der Waals surface area (Å²) in [4.78, 5) is 0. The lowest BCUT2D eigenvalue weighted by atomic mass is 9.80. The molecule has 0 amide bonds. The molecule has 3 N–H and O–H groups in total. The zero-order chi connectivity index (χ0) is 12.9. The number of nitrogens with one attached hydrogen (secondary N) is 1. The first-order chi connectivity index (χ1) is 8.74. The van der Waals surface area contributed by atoms with Gasteiger partial charge >= 0.3 is 0 Å². The van der Waals surface area contributed by atoms with E-state index in [0.717, 1.165) is 13.1 Å². The van der Waals surface area contributed by atoms with Crippen LogP contribution in [-0.4, -0.2) is 19.6 Å². The van der Waals surface area contributed by atoms with Crippen LogP contribution in [0.1, 0.15) is 71.1 Å². The van der Waals surface area contributed by atoms with Crippen molar-refractivity contribution in [2.45, 2.75) is 71.1 Å². The summed E-state index contributed by atoms with van der Waals surface area (Å²) in [6.07, 6.45) is 13.9. The molecule has 2 aliphatic rings. The van der Waals surface area contributed by atoms with Gasteiger partial charge in [0, 0.05) is 13.1 Å². The fraction of sp³-hybridized carbons (Fsp3) is 1.00. The zero-order valence-corrected chi connectivity index (χ0v) is 12.3. The van der Waals surface area contributed by atoms with Gasteiger partial charge in [-0.1, -0.05) is 39.0 Å². The van der Waals surface area contributed by atoms with Crippen molar-refractivity contribution < 1.29 is 0 Å². The summed E-state index contributed by atoms with van der Waals surface area (Å²) >= 11 is 0. The molecule has 2 nitrogen and oxygen atoms in total. The lowest BCUT2D eigenvalue weighted by Crippen LogP contribution is -2.41. The van der Waals surface area contributed by atoms with E-state index >= 15 is 0 Å². The van der Waals surface area contributed by atoms with Gasteiger partial charge in [0.25, 0.3) is 0 Å². The molecule has 0 aliphatic heterocycles. The molecule has 18 heavy (non-hydrogen) atoms. The molecule has 0 spiro atoms. The van der Waals surface area contributed by atoms with Crippen LogP contribution >= 0.6 is 0 Å². The van der Waals surface area contributed by atoms with Gasteiger partial charge < -0.3 is 11.1 Å². The maximum Gasteiger partial charge on any atom is 0.00201 e. The lowest BCUT2D eigenvalue weighted by molar-refractivity contribution is 0.233. The second-order valence-electron chi connectivity index (χ2n) is 6.97. The Morgan fingerprint density at radius 2 is 1.50 bits per heavy atom. The van der Waals surface area contributed by atoms with E-state index in [0.29, 0.717) is 10.8 Å². The molecule has 2 heteroatoms. The average Bonchev–Trinajstić information content (AvgIpc) is 3.15. The van der Waals surface area contributed by atoms with Gasteiger partial charge in [-0.3, -0.25) is 0 Å². The Morgan fingerprint density at radius 3 is 2.00 bits per heavy atom. The number of nitrogens with two attached hydrogens (primary N) is 1. The standard InChI is InChI=1S/C16H32N2/c1-2-7-15(10-11-15)13-18-14-16(12-17)8-5-3-4-6-9-16/h18H,2-14,17H2,1H3. The molecule has 2 saturated carbocycles. The van der Waals surface area contributed by atoms with E-state index in [4.69, 9.17) is 5.73 Å². The number of hydrogen-bond donors (Lipinski definition) is 2. The fourth-order valence-electron chi connectivity index (χ4n) is 3.75. The highest BCUT2D eigenvalue weighted by molar-refractivity contribution is 4.95. The SMILES string of the molecule is CCCC1(CNCC2(CN)CCCCCC2)CC1. The topological polar surface area (TPSA) is 38.0 Å². The molecular formula is C16H32N2. The predicted octanol–water partition coefficient (Wildman–Crippen LogP) is 3.46.